The maximum Gasteiger partial charge on any atom is 0.339 e. The Hall–Kier alpha value is -2.69. The van der Waals surface area contributed by atoms with Crippen molar-refractivity contribution >= 4 is 17.6 Å². The smallest absolute Gasteiger partial charge is 0.339 e. The molecule has 0 spiro atoms. The van der Waals surface area contributed by atoms with Crippen LogP contribution >= 0.6 is 0 Å². The number of nitrogens with one attached hydrogen (secondary N) is 1. The Balaban J connectivity index is 2.01. The van der Waals surface area contributed by atoms with E-state index in [1.165, 1.54) is 13.0 Å². The van der Waals surface area contributed by atoms with Gasteiger partial charge in [-0.05, 0) is 50.1 Å². The van der Waals surface area contributed by atoms with Crippen LogP contribution in [0.2, 0.25) is 0 Å². The van der Waals surface area contributed by atoms with E-state index in [1.54, 1.807) is 44.2 Å². The van der Waals surface area contributed by atoms with Gasteiger partial charge in [0, 0.05) is 5.69 Å². The van der Waals surface area contributed by atoms with Crippen molar-refractivity contribution in [3.05, 3.63) is 65.0 Å². The van der Waals surface area contributed by atoms with E-state index in [1.807, 2.05) is 6.07 Å². The number of amides is 1. The summed E-state index contributed by atoms with van der Waals surface area (Å²) in [5.74, 6) is -1.50. The highest BCUT2D eigenvalue weighted by atomic mass is 19.1. The molecule has 23 heavy (non-hydrogen) atoms. The fourth-order valence-corrected chi connectivity index (χ4v) is 1.99. The first-order chi connectivity index (χ1) is 10.9. The molecule has 0 aromatic heterocycles. The van der Waals surface area contributed by atoms with Crippen molar-refractivity contribution in [3.8, 4) is 0 Å². The third-order valence-corrected chi connectivity index (χ3v) is 3.46. The summed E-state index contributed by atoms with van der Waals surface area (Å²) in [6.45, 7) is 4.89. The molecule has 0 aliphatic carbocycles. The molecule has 0 bridgehead atoms. The summed E-state index contributed by atoms with van der Waals surface area (Å²) in [4.78, 5) is 24.1. The Bertz CT molecular complexity index is 743. The second-order valence-corrected chi connectivity index (χ2v) is 5.32. The van der Waals surface area contributed by atoms with Gasteiger partial charge in [-0.15, -0.1) is 0 Å². The normalized spacial score (nSPS) is 11.7. The molecule has 0 fully saturated rings. The Labute approximate surface area is 134 Å². The summed E-state index contributed by atoms with van der Waals surface area (Å²) in [5.41, 5.74) is 1.98. The predicted octanol–water partition coefficient (Wildman–Crippen LogP) is 3.63. The average Bonchev–Trinajstić information content (AvgIpc) is 2.51. The van der Waals surface area contributed by atoms with Gasteiger partial charge in [0.2, 0.25) is 0 Å². The molecular formula is C18H18FNO3. The highest BCUT2D eigenvalue weighted by Gasteiger charge is 2.20. The van der Waals surface area contributed by atoms with Crippen LogP contribution in [0.3, 0.4) is 0 Å². The van der Waals surface area contributed by atoms with Gasteiger partial charge in [-0.3, -0.25) is 4.79 Å². The first kappa shape index (κ1) is 16.7. The highest BCUT2D eigenvalue weighted by Crippen LogP contribution is 2.15. The van der Waals surface area contributed by atoms with E-state index in [2.05, 4.69) is 5.32 Å². The van der Waals surface area contributed by atoms with Crippen LogP contribution in [-0.4, -0.2) is 18.0 Å². The van der Waals surface area contributed by atoms with Crippen LogP contribution in [0.5, 0.6) is 0 Å². The number of halogens is 1. The molecule has 1 N–H and O–H groups in total. The van der Waals surface area contributed by atoms with Crippen molar-refractivity contribution < 1.29 is 18.7 Å². The fourth-order valence-electron chi connectivity index (χ4n) is 1.99. The SMILES string of the molecule is Cc1ccc(NC(=O)C(C)OC(=O)c2ccccc2C)cc1F. The summed E-state index contributed by atoms with van der Waals surface area (Å²) in [6.07, 6.45) is -0.994. The minimum atomic E-state index is -0.994. The van der Waals surface area contributed by atoms with Gasteiger partial charge in [0.15, 0.2) is 6.10 Å². The average molecular weight is 315 g/mol. The second-order valence-electron chi connectivity index (χ2n) is 5.32. The molecule has 5 heteroatoms. The molecule has 120 valence electrons. The molecule has 0 saturated carbocycles. The van der Waals surface area contributed by atoms with Crippen LogP contribution in [0, 0.1) is 19.7 Å². The number of esters is 1. The van der Waals surface area contributed by atoms with E-state index in [0.717, 1.165) is 5.56 Å². The van der Waals surface area contributed by atoms with Gasteiger partial charge in [0.05, 0.1) is 5.56 Å². The number of anilines is 1. The number of hydrogen-bond acceptors (Lipinski definition) is 3. The molecule has 0 radical (unpaired) electrons. The predicted molar refractivity (Wildman–Crippen MR) is 85.8 cm³/mol. The molecule has 0 heterocycles. The molecule has 1 amide bonds. The lowest BCUT2D eigenvalue weighted by Gasteiger charge is -2.14. The summed E-state index contributed by atoms with van der Waals surface area (Å²) in [7, 11) is 0. The summed E-state index contributed by atoms with van der Waals surface area (Å²) in [5, 5.41) is 2.53. The maximum absolute atomic E-state index is 13.5. The Morgan fingerprint density at radius 3 is 2.43 bits per heavy atom. The summed E-state index contributed by atoms with van der Waals surface area (Å²) in [6, 6.07) is 11.3. The van der Waals surface area contributed by atoms with Crippen molar-refractivity contribution in [3.63, 3.8) is 0 Å². The molecule has 2 aromatic carbocycles. The number of hydrogen-bond donors (Lipinski definition) is 1. The zero-order valence-electron chi connectivity index (χ0n) is 13.2. The topological polar surface area (TPSA) is 55.4 Å². The number of rotatable bonds is 4. The minimum Gasteiger partial charge on any atom is -0.449 e. The van der Waals surface area contributed by atoms with Gasteiger partial charge in [-0.25, -0.2) is 9.18 Å². The zero-order chi connectivity index (χ0) is 17.0. The molecule has 1 unspecified atom stereocenters. The molecule has 2 aromatic rings. The van der Waals surface area contributed by atoms with Crippen LogP contribution in [-0.2, 0) is 9.53 Å². The fraction of sp³-hybridized carbons (Fsp3) is 0.222. The summed E-state index contributed by atoms with van der Waals surface area (Å²) >= 11 is 0. The van der Waals surface area contributed by atoms with E-state index >= 15 is 0 Å². The molecule has 0 aliphatic rings. The zero-order valence-corrected chi connectivity index (χ0v) is 13.2. The lowest BCUT2D eigenvalue weighted by atomic mass is 10.1. The van der Waals surface area contributed by atoms with Gasteiger partial charge in [-0.1, -0.05) is 24.3 Å². The number of aryl methyl sites for hydroxylation is 2. The lowest BCUT2D eigenvalue weighted by Crippen LogP contribution is -2.30. The van der Waals surface area contributed by atoms with E-state index in [-0.39, 0.29) is 0 Å². The molecule has 1 atom stereocenters. The third kappa shape index (κ3) is 4.16. The number of carbonyl (C=O) groups is 2. The van der Waals surface area contributed by atoms with Gasteiger partial charge < -0.3 is 10.1 Å². The van der Waals surface area contributed by atoms with Gasteiger partial charge in [-0.2, -0.15) is 0 Å². The van der Waals surface area contributed by atoms with Crippen LogP contribution in [0.25, 0.3) is 0 Å². The van der Waals surface area contributed by atoms with Crippen LogP contribution < -0.4 is 5.32 Å². The van der Waals surface area contributed by atoms with Crippen molar-refractivity contribution in [2.24, 2.45) is 0 Å². The third-order valence-electron chi connectivity index (χ3n) is 3.46. The van der Waals surface area contributed by atoms with Crippen LogP contribution in [0.15, 0.2) is 42.5 Å². The first-order valence-electron chi connectivity index (χ1n) is 7.22. The van der Waals surface area contributed by atoms with Crippen molar-refractivity contribution in [2.45, 2.75) is 26.9 Å². The molecule has 4 nitrogen and oxygen atoms in total. The monoisotopic (exact) mass is 315 g/mol. The van der Waals surface area contributed by atoms with E-state index in [4.69, 9.17) is 4.74 Å². The maximum atomic E-state index is 13.5. The van der Waals surface area contributed by atoms with E-state index < -0.39 is 23.8 Å². The van der Waals surface area contributed by atoms with E-state index in [9.17, 15) is 14.0 Å². The first-order valence-corrected chi connectivity index (χ1v) is 7.22. The molecule has 0 aliphatic heterocycles. The van der Waals surface area contributed by atoms with Crippen LogP contribution in [0.1, 0.15) is 28.4 Å². The largest absolute Gasteiger partial charge is 0.449 e. The van der Waals surface area contributed by atoms with Crippen molar-refractivity contribution in [1.82, 2.24) is 0 Å². The number of ether oxygens (including phenoxy) is 1. The van der Waals surface area contributed by atoms with Gasteiger partial charge in [0.1, 0.15) is 5.82 Å². The Morgan fingerprint density at radius 1 is 1.09 bits per heavy atom. The number of carbonyl (C=O) groups excluding carboxylic acids is 2. The van der Waals surface area contributed by atoms with Crippen LogP contribution in [0.4, 0.5) is 10.1 Å². The minimum absolute atomic E-state index is 0.317. The standard InChI is InChI=1S/C18H18FNO3/c1-11-6-4-5-7-15(11)18(22)23-13(3)17(21)20-14-9-8-12(2)16(19)10-14/h4-10,13H,1-3H3,(H,20,21). The van der Waals surface area contributed by atoms with E-state index in [0.29, 0.717) is 16.8 Å². The van der Waals surface area contributed by atoms with Crippen molar-refractivity contribution in [1.29, 1.82) is 0 Å². The van der Waals surface area contributed by atoms with Crippen molar-refractivity contribution in [2.75, 3.05) is 5.32 Å². The second kappa shape index (κ2) is 7.05. The molecular weight excluding hydrogens is 297 g/mol. The Morgan fingerprint density at radius 2 is 1.78 bits per heavy atom. The number of benzene rings is 2. The van der Waals surface area contributed by atoms with Gasteiger partial charge in [0.25, 0.3) is 5.91 Å². The summed E-state index contributed by atoms with van der Waals surface area (Å²) < 4.78 is 18.6. The quantitative estimate of drug-likeness (QED) is 0.877. The molecule has 2 rings (SSSR count). The molecule has 0 saturated heterocycles. The van der Waals surface area contributed by atoms with Gasteiger partial charge >= 0.3 is 5.97 Å². The Kier molecular flexibility index (Phi) is 5.11. The highest BCUT2D eigenvalue weighted by molar-refractivity contribution is 5.97. The lowest BCUT2D eigenvalue weighted by molar-refractivity contribution is -0.123.